The molecule has 2 amide bonds. The number of hydrogen-bond acceptors (Lipinski definition) is 5. The van der Waals surface area contributed by atoms with E-state index in [4.69, 9.17) is 5.73 Å². The van der Waals surface area contributed by atoms with E-state index < -0.39 is 6.04 Å². The lowest BCUT2D eigenvalue weighted by Crippen LogP contribution is -2.58. The van der Waals surface area contributed by atoms with Gasteiger partial charge < -0.3 is 10.6 Å². The number of anilines is 2. The van der Waals surface area contributed by atoms with E-state index in [-0.39, 0.29) is 18.4 Å². The summed E-state index contributed by atoms with van der Waals surface area (Å²) in [4.78, 5) is 28.9. The second kappa shape index (κ2) is 4.40. The van der Waals surface area contributed by atoms with Gasteiger partial charge in [0.2, 0.25) is 11.8 Å². The molecule has 0 radical (unpaired) electrons. The van der Waals surface area contributed by atoms with Gasteiger partial charge in [-0.15, -0.1) is 0 Å². The van der Waals surface area contributed by atoms with Gasteiger partial charge in [-0.05, 0) is 18.6 Å². The van der Waals surface area contributed by atoms with Crippen LogP contribution in [0.25, 0.3) is 0 Å². The van der Waals surface area contributed by atoms with Crippen molar-refractivity contribution >= 4 is 23.3 Å². The number of amides is 2. The standard InChI is InChI=1S/C11H14N4O2/c1-2-8-11(17)14-9(16)6-15(8)10-7(12)4-3-5-13-10/h3-5,8H,2,6,12H2,1H3,(H,14,16,17). The molecule has 3 N–H and O–H groups in total. The van der Waals surface area contributed by atoms with Crippen molar-refractivity contribution in [3.63, 3.8) is 0 Å². The number of nitrogens with zero attached hydrogens (tertiary/aromatic N) is 2. The van der Waals surface area contributed by atoms with Crippen molar-refractivity contribution in [2.75, 3.05) is 17.2 Å². The predicted molar refractivity (Wildman–Crippen MR) is 63.2 cm³/mol. The van der Waals surface area contributed by atoms with E-state index in [1.807, 2.05) is 6.92 Å². The minimum atomic E-state index is -0.398. The van der Waals surface area contributed by atoms with Gasteiger partial charge in [-0.25, -0.2) is 4.98 Å². The Kier molecular flexibility index (Phi) is 2.95. The van der Waals surface area contributed by atoms with E-state index in [9.17, 15) is 9.59 Å². The topological polar surface area (TPSA) is 88.3 Å². The zero-order valence-electron chi connectivity index (χ0n) is 9.51. The molecular formula is C11H14N4O2. The number of nitrogen functional groups attached to an aromatic ring is 1. The molecule has 2 rings (SSSR count). The van der Waals surface area contributed by atoms with Crippen molar-refractivity contribution < 1.29 is 9.59 Å². The Labute approximate surface area is 98.8 Å². The van der Waals surface area contributed by atoms with E-state index in [0.717, 1.165) is 0 Å². The van der Waals surface area contributed by atoms with Crippen molar-refractivity contribution in [3.05, 3.63) is 18.3 Å². The van der Waals surface area contributed by atoms with Gasteiger partial charge in [0.1, 0.15) is 6.04 Å². The van der Waals surface area contributed by atoms with Crippen LogP contribution in [0.3, 0.4) is 0 Å². The Morgan fingerprint density at radius 1 is 1.59 bits per heavy atom. The summed E-state index contributed by atoms with van der Waals surface area (Å²) in [6.45, 7) is 1.98. The molecule has 1 fully saturated rings. The first-order valence-corrected chi connectivity index (χ1v) is 5.44. The van der Waals surface area contributed by atoms with E-state index >= 15 is 0 Å². The van der Waals surface area contributed by atoms with Crippen LogP contribution in [0.4, 0.5) is 11.5 Å². The Hall–Kier alpha value is -2.11. The highest BCUT2D eigenvalue weighted by Crippen LogP contribution is 2.23. The summed E-state index contributed by atoms with van der Waals surface area (Å²) in [5.41, 5.74) is 6.28. The summed E-state index contributed by atoms with van der Waals surface area (Å²) < 4.78 is 0. The Morgan fingerprint density at radius 2 is 2.35 bits per heavy atom. The lowest BCUT2D eigenvalue weighted by molar-refractivity contribution is -0.132. The molecule has 1 aromatic rings. The van der Waals surface area contributed by atoms with Crippen LogP contribution in [0.5, 0.6) is 0 Å². The van der Waals surface area contributed by atoms with Crippen molar-refractivity contribution in [2.45, 2.75) is 19.4 Å². The SMILES string of the molecule is CCC1C(=O)NC(=O)CN1c1ncccc1N. The molecule has 0 saturated carbocycles. The smallest absolute Gasteiger partial charge is 0.249 e. The summed E-state index contributed by atoms with van der Waals surface area (Å²) in [6.07, 6.45) is 2.19. The van der Waals surface area contributed by atoms with Gasteiger partial charge in [0, 0.05) is 6.20 Å². The van der Waals surface area contributed by atoms with Gasteiger partial charge in [-0.3, -0.25) is 14.9 Å². The number of nitrogens with two attached hydrogens (primary N) is 1. The van der Waals surface area contributed by atoms with Crippen molar-refractivity contribution in [1.29, 1.82) is 0 Å². The molecular weight excluding hydrogens is 220 g/mol. The Balaban J connectivity index is 2.38. The third-order valence-electron chi connectivity index (χ3n) is 2.73. The molecule has 2 heterocycles. The van der Waals surface area contributed by atoms with Gasteiger partial charge >= 0.3 is 0 Å². The van der Waals surface area contributed by atoms with Crippen LogP contribution in [0.1, 0.15) is 13.3 Å². The van der Waals surface area contributed by atoms with Crippen LogP contribution in [0, 0.1) is 0 Å². The van der Waals surface area contributed by atoms with Gasteiger partial charge in [-0.1, -0.05) is 6.92 Å². The second-order valence-corrected chi connectivity index (χ2v) is 3.88. The number of imide groups is 1. The first kappa shape index (κ1) is 11.4. The normalized spacial score (nSPS) is 20.3. The Bertz CT molecular complexity index is 461. The maximum Gasteiger partial charge on any atom is 0.249 e. The van der Waals surface area contributed by atoms with Crippen LogP contribution < -0.4 is 16.0 Å². The lowest BCUT2D eigenvalue weighted by Gasteiger charge is -2.34. The average Bonchev–Trinajstić information content (AvgIpc) is 2.28. The minimum Gasteiger partial charge on any atom is -0.396 e. The van der Waals surface area contributed by atoms with Gasteiger partial charge in [-0.2, -0.15) is 0 Å². The highest BCUT2D eigenvalue weighted by molar-refractivity contribution is 6.04. The zero-order valence-corrected chi connectivity index (χ0v) is 9.51. The summed E-state index contributed by atoms with van der Waals surface area (Å²) >= 11 is 0. The number of aromatic nitrogens is 1. The fourth-order valence-corrected chi connectivity index (χ4v) is 1.94. The van der Waals surface area contributed by atoms with Gasteiger partial charge in [0.15, 0.2) is 5.82 Å². The zero-order chi connectivity index (χ0) is 12.4. The molecule has 1 atom stereocenters. The molecule has 0 spiro atoms. The third kappa shape index (κ3) is 2.06. The average molecular weight is 234 g/mol. The number of nitrogens with one attached hydrogen (secondary N) is 1. The fraction of sp³-hybridized carbons (Fsp3) is 0.364. The molecule has 1 saturated heterocycles. The molecule has 0 aromatic carbocycles. The van der Waals surface area contributed by atoms with Gasteiger partial charge in [0.05, 0.1) is 12.2 Å². The number of rotatable bonds is 2. The number of hydrogen-bond donors (Lipinski definition) is 2. The number of carbonyl (C=O) groups excluding carboxylic acids is 2. The van der Waals surface area contributed by atoms with Crippen molar-refractivity contribution in [3.8, 4) is 0 Å². The van der Waals surface area contributed by atoms with Crippen LogP contribution in [0.15, 0.2) is 18.3 Å². The van der Waals surface area contributed by atoms with E-state index in [0.29, 0.717) is 17.9 Å². The maximum absolute atomic E-state index is 11.7. The first-order chi connectivity index (χ1) is 8.13. The highest BCUT2D eigenvalue weighted by Gasteiger charge is 2.33. The molecule has 0 aliphatic carbocycles. The van der Waals surface area contributed by atoms with Crippen LogP contribution in [-0.4, -0.2) is 29.4 Å². The van der Waals surface area contributed by atoms with Crippen LogP contribution in [0.2, 0.25) is 0 Å². The summed E-state index contributed by atoms with van der Waals surface area (Å²) in [7, 11) is 0. The quantitative estimate of drug-likeness (QED) is 0.698. The summed E-state index contributed by atoms with van der Waals surface area (Å²) in [5.74, 6) is -0.138. The molecule has 1 aromatic heterocycles. The Morgan fingerprint density at radius 3 is 3.00 bits per heavy atom. The van der Waals surface area contributed by atoms with Crippen molar-refractivity contribution in [2.24, 2.45) is 0 Å². The van der Waals surface area contributed by atoms with Crippen LogP contribution in [-0.2, 0) is 9.59 Å². The molecule has 90 valence electrons. The molecule has 1 aliphatic rings. The van der Waals surface area contributed by atoms with Crippen LogP contribution >= 0.6 is 0 Å². The molecule has 6 nitrogen and oxygen atoms in total. The number of pyridine rings is 1. The number of piperazine rings is 1. The molecule has 1 unspecified atom stereocenters. The highest BCUT2D eigenvalue weighted by atomic mass is 16.2. The van der Waals surface area contributed by atoms with Crippen molar-refractivity contribution in [1.82, 2.24) is 10.3 Å². The minimum absolute atomic E-state index is 0.103. The summed E-state index contributed by atoms with van der Waals surface area (Å²) in [6, 6.07) is 3.02. The first-order valence-electron chi connectivity index (χ1n) is 5.44. The van der Waals surface area contributed by atoms with E-state index in [1.54, 1.807) is 23.2 Å². The predicted octanol–water partition coefficient (Wildman–Crippen LogP) is -0.0948. The maximum atomic E-state index is 11.7. The third-order valence-corrected chi connectivity index (χ3v) is 2.73. The van der Waals surface area contributed by atoms with E-state index in [1.165, 1.54) is 0 Å². The fourth-order valence-electron chi connectivity index (χ4n) is 1.94. The van der Waals surface area contributed by atoms with E-state index in [2.05, 4.69) is 10.3 Å². The lowest BCUT2D eigenvalue weighted by atomic mass is 10.1. The molecule has 1 aliphatic heterocycles. The molecule has 0 bridgehead atoms. The largest absolute Gasteiger partial charge is 0.396 e. The molecule has 17 heavy (non-hydrogen) atoms. The van der Waals surface area contributed by atoms with Gasteiger partial charge in [0.25, 0.3) is 0 Å². The second-order valence-electron chi connectivity index (χ2n) is 3.88. The monoisotopic (exact) mass is 234 g/mol. The molecule has 6 heteroatoms. The summed E-state index contributed by atoms with van der Waals surface area (Å²) in [5, 5.41) is 2.31. The number of carbonyl (C=O) groups is 2.